The monoisotopic (exact) mass is 348 g/mol. The normalized spacial score (nSPS) is 10.1. The van der Waals surface area contributed by atoms with Crippen LogP contribution in [0.4, 0.5) is 11.4 Å². The van der Waals surface area contributed by atoms with Gasteiger partial charge in [0.05, 0.1) is 6.42 Å². The van der Waals surface area contributed by atoms with Crippen molar-refractivity contribution in [3.8, 4) is 0 Å². The average molecular weight is 349 g/mol. The molecular weight excluding hydrogens is 336 g/mol. The third-order valence-electron chi connectivity index (χ3n) is 2.83. The second-order valence-electron chi connectivity index (χ2n) is 4.46. The second-order valence-corrected chi connectivity index (χ2v) is 5.31. The number of halogens is 1. The van der Waals surface area contributed by atoms with E-state index in [4.69, 9.17) is 10.8 Å². The standard InChI is InChI=1S/C15H13BrN2O3/c16-12-8-10(3-6-13(12)17)15(21)18-11-4-1-9(2-5-11)7-14(19)20/h1-6,8H,7,17H2,(H,18,21)(H,19,20). The molecule has 0 aliphatic carbocycles. The number of carboxylic acid groups (broad SMARTS) is 1. The Balaban J connectivity index is 2.08. The summed E-state index contributed by atoms with van der Waals surface area (Å²) in [6, 6.07) is 11.6. The van der Waals surface area contributed by atoms with Crippen molar-refractivity contribution in [2.75, 3.05) is 11.1 Å². The van der Waals surface area contributed by atoms with Crippen LogP contribution in [0, 0.1) is 0 Å². The zero-order chi connectivity index (χ0) is 15.4. The molecular formula is C15H13BrN2O3. The van der Waals surface area contributed by atoms with Crippen LogP contribution in [-0.2, 0) is 11.2 Å². The maximum absolute atomic E-state index is 12.1. The van der Waals surface area contributed by atoms with E-state index in [1.165, 1.54) is 0 Å². The number of carbonyl (C=O) groups is 2. The molecule has 0 aliphatic heterocycles. The molecule has 108 valence electrons. The van der Waals surface area contributed by atoms with Gasteiger partial charge in [-0.05, 0) is 51.8 Å². The van der Waals surface area contributed by atoms with E-state index in [1.807, 2.05) is 0 Å². The van der Waals surface area contributed by atoms with Crippen molar-refractivity contribution >= 4 is 39.2 Å². The van der Waals surface area contributed by atoms with Crippen LogP contribution in [-0.4, -0.2) is 17.0 Å². The predicted octanol–water partition coefficient (Wildman–Crippen LogP) is 2.91. The molecule has 2 aromatic rings. The summed E-state index contributed by atoms with van der Waals surface area (Å²) in [6.07, 6.45) is -0.0425. The molecule has 2 rings (SSSR count). The molecule has 0 saturated carbocycles. The van der Waals surface area contributed by atoms with Crippen LogP contribution in [0.25, 0.3) is 0 Å². The fourth-order valence-electron chi connectivity index (χ4n) is 1.75. The van der Waals surface area contributed by atoms with Gasteiger partial charge in [-0.15, -0.1) is 0 Å². The summed E-state index contributed by atoms with van der Waals surface area (Å²) >= 11 is 3.27. The van der Waals surface area contributed by atoms with Crippen molar-refractivity contribution in [1.29, 1.82) is 0 Å². The number of carbonyl (C=O) groups excluding carboxylic acids is 1. The van der Waals surface area contributed by atoms with Crippen LogP contribution in [0.1, 0.15) is 15.9 Å². The van der Waals surface area contributed by atoms with Crippen molar-refractivity contribution < 1.29 is 14.7 Å². The molecule has 6 heteroatoms. The Labute approximate surface area is 129 Å². The quantitative estimate of drug-likeness (QED) is 0.740. The highest BCUT2D eigenvalue weighted by molar-refractivity contribution is 9.10. The summed E-state index contributed by atoms with van der Waals surface area (Å²) < 4.78 is 0.659. The molecule has 0 bridgehead atoms. The predicted molar refractivity (Wildman–Crippen MR) is 84.3 cm³/mol. The van der Waals surface area contributed by atoms with Gasteiger partial charge in [0.25, 0.3) is 5.91 Å². The summed E-state index contributed by atoms with van der Waals surface area (Å²) in [7, 11) is 0. The largest absolute Gasteiger partial charge is 0.481 e. The van der Waals surface area contributed by atoms with Crippen LogP contribution < -0.4 is 11.1 Å². The Hall–Kier alpha value is -2.34. The molecule has 0 aliphatic rings. The van der Waals surface area contributed by atoms with E-state index in [2.05, 4.69) is 21.2 Å². The fraction of sp³-hybridized carbons (Fsp3) is 0.0667. The number of amides is 1. The number of rotatable bonds is 4. The van der Waals surface area contributed by atoms with Crippen LogP contribution in [0.3, 0.4) is 0 Å². The van der Waals surface area contributed by atoms with Gasteiger partial charge in [0.15, 0.2) is 0 Å². The van der Waals surface area contributed by atoms with Gasteiger partial charge in [0.1, 0.15) is 0 Å². The lowest BCUT2D eigenvalue weighted by atomic mass is 10.1. The third-order valence-corrected chi connectivity index (χ3v) is 3.52. The average Bonchev–Trinajstić information content (AvgIpc) is 2.43. The minimum atomic E-state index is -0.890. The number of nitrogens with one attached hydrogen (secondary N) is 1. The zero-order valence-electron chi connectivity index (χ0n) is 11.0. The SMILES string of the molecule is Nc1ccc(C(=O)Nc2ccc(CC(=O)O)cc2)cc1Br. The van der Waals surface area contributed by atoms with Gasteiger partial charge >= 0.3 is 5.97 Å². The topological polar surface area (TPSA) is 92.4 Å². The number of nitrogens with two attached hydrogens (primary N) is 1. The first kappa shape index (κ1) is 15.1. The molecule has 0 saturated heterocycles. The molecule has 0 heterocycles. The first-order valence-electron chi connectivity index (χ1n) is 6.13. The number of aliphatic carboxylic acids is 1. The van der Waals surface area contributed by atoms with Crippen molar-refractivity contribution in [2.24, 2.45) is 0 Å². The maximum Gasteiger partial charge on any atom is 0.307 e. The Morgan fingerprint density at radius 1 is 1.14 bits per heavy atom. The highest BCUT2D eigenvalue weighted by Crippen LogP contribution is 2.21. The minimum absolute atomic E-state index is 0.0425. The number of hydrogen-bond donors (Lipinski definition) is 3. The van der Waals surface area contributed by atoms with Crippen molar-refractivity contribution in [2.45, 2.75) is 6.42 Å². The number of anilines is 2. The molecule has 2 aromatic carbocycles. The molecule has 0 atom stereocenters. The number of hydrogen-bond acceptors (Lipinski definition) is 3. The second kappa shape index (κ2) is 6.41. The molecule has 5 nitrogen and oxygen atoms in total. The van der Waals surface area contributed by atoms with E-state index in [0.29, 0.717) is 27.0 Å². The van der Waals surface area contributed by atoms with Gasteiger partial charge in [-0.1, -0.05) is 12.1 Å². The molecule has 21 heavy (non-hydrogen) atoms. The lowest BCUT2D eigenvalue weighted by molar-refractivity contribution is -0.136. The van der Waals surface area contributed by atoms with E-state index in [1.54, 1.807) is 42.5 Å². The van der Waals surface area contributed by atoms with Gasteiger partial charge < -0.3 is 16.2 Å². The Morgan fingerprint density at radius 2 is 1.81 bits per heavy atom. The van der Waals surface area contributed by atoms with Crippen LogP contribution in [0.15, 0.2) is 46.9 Å². The molecule has 0 unspecified atom stereocenters. The summed E-state index contributed by atoms with van der Waals surface area (Å²) in [4.78, 5) is 22.7. The lowest BCUT2D eigenvalue weighted by Gasteiger charge is -2.07. The van der Waals surface area contributed by atoms with E-state index in [-0.39, 0.29) is 12.3 Å². The van der Waals surface area contributed by atoms with Gasteiger partial charge in [0.2, 0.25) is 0 Å². The van der Waals surface area contributed by atoms with Crippen LogP contribution >= 0.6 is 15.9 Å². The van der Waals surface area contributed by atoms with Gasteiger partial charge in [-0.3, -0.25) is 9.59 Å². The molecule has 0 fully saturated rings. The molecule has 0 radical (unpaired) electrons. The lowest BCUT2D eigenvalue weighted by Crippen LogP contribution is -2.12. The Kier molecular flexibility index (Phi) is 4.59. The first-order chi connectivity index (χ1) is 9.95. The summed E-state index contributed by atoms with van der Waals surface area (Å²) in [5.74, 6) is -1.15. The van der Waals surface area contributed by atoms with Gasteiger partial charge in [-0.2, -0.15) is 0 Å². The number of nitrogen functional groups attached to an aromatic ring is 1. The zero-order valence-corrected chi connectivity index (χ0v) is 12.6. The number of carboxylic acids is 1. The summed E-state index contributed by atoms with van der Waals surface area (Å²) in [5.41, 5.74) is 7.98. The van der Waals surface area contributed by atoms with E-state index >= 15 is 0 Å². The van der Waals surface area contributed by atoms with Crippen molar-refractivity contribution in [3.05, 3.63) is 58.1 Å². The van der Waals surface area contributed by atoms with Gasteiger partial charge in [0, 0.05) is 21.4 Å². The van der Waals surface area contributed by atoms with Crippen molar-refractivity contribution in [3.63, 3.8) is 0 Å². The van der Waals surface area contributed by atoms with Crippen molar-refractivity contribution in [1.82, 2.24) is 0 Å². The van der Waals surface area contributed by atoms with Gasteiger partial charge in [-0.25, -0.2) is 0 Å². The third kappa shape index (κ3) is 4.06. The van der Waals surface area contributed by atoms with E-state index < -0.39 is 5.97 Å². The molecule has 0 aromatic heterocycles. The van der Waals surface area contributed by atoms with E-state index in [0.717, 1.165) is 0 Å². The number of benzene rings is 2. The first-order valence-corrected chi connectivity index (χ1v) is 6.92. The minimum Gasteiger partial charge on any atom is -0.481 e. The molecule has 1 amide bonds. The fourth-order valence-corrected chi connectivity index (χ4v) is 2.13. The Morgan fingerprint density at radius 3 is 2.38 bits per heavy atom. The molecule has 4 N–H and O–H groups in total. The molecule has 0 spiro atoms. The van der Waals surface area contributed by atoms with E-state index in [9.17, 15) is 9.59 Å². The summed E-state index contributed by atoms with van der Waals surface area (Å²) in [6.45, 7) is 0. The smallest absolute Gasteiger partial charge is 0.307 e. The van der Waals surface area contributed by atoms with Crippen LogP contribution in [0.5, 0.6) is 0 Å². The maximum atomic E-state index is 12.1. The Bertz CT molecular complexity index is 684. The highest BCUT2D eigenvalue weighted by Gasteiger charge is 2.08. The summed E-state index contributed by atoms with van der Waals surface area (Å²) in [5, 5.41) is 11.4. The van der Waals surface area contributed by atoms with Crippen LogP contribution in [0.2, 0.25) is 0 Å². The highest BCUT2D eigenvalue weighted by atomic mass is 79.9.